The summed E-state index contributed by atoms with van der Waals surface area (Å²) in [6, 6.07) is 7.24. The summed E-state index contributed by atoms with van der Waals surface area (Å²) in [7, 11) is 0. The molecular formula is C20H27N3O4. The van der Waals surface area contributed by atoms with Gasteiger partial charge in [-0.3, -0.25) is 4.79 Å². The van der Waals surface area contributed by atoms with Crippen LogP contribution in [0.1, 0.15) is 19.4 Å². The Morgan fingerprint density at radius 1 is 1.26 bits per heavy atom. The second-order valence-electron chi connectivity index (χ2n) is 7.19. The molecule has 1 aromatic heterocycles. The lowest BCUT2D eigenvalue weighted by Gasteiger charge is -2.30. The van der Waals surface area contributed by atoms with Crippen LogP contribution in [0.25, 0.3) is 10.9 Å². The van der Waals surface area contributed by atoms with E-state index in [1.54, 1.807) is 4.90 Å². The van der Waals surface area contributed by atoms with E-state index < -0.39 is 12.1 Å². The Labute approximate surface area is 159 Å². The van der Waals surface area contributed by atoms with Crippen molar-refractivity contribution in [2.45, 2.75) is 26.3 Å². The van der Waals surface area contributed by atoms with Crippen LogP contribution in [0.3, 0.4) is 0 Å². The summed E-state index contributed by atoms with van der Waals surface area (Å²) in [6.07, 6.45) is 1.73. The Kier molecular flexibility index (Phi) is 6.34. The maximum absolute atomic E-state index is 13.0. The number of nitrogens with zero attached hydrogens (tertiary/aromatic N) is 1. The number of aromatic amines is 1. The SMILES string of the molecule is CC(C)COC(=O)N[C@H](Cc1c[nH]c2ccccc12)C(=O)N1CCOCC1. The zero-order chi connectivity index (χ0) is 19.2. The van der Waals surface area contributed by atoms with Gasteiger partial charge in [-0.1, -0.05) is 32.0 Å². The Balaban J connectivity index is 1.75. The number of H-pyrrole nitrogens is 1. The number of morpholine rings is 1. The second-order valence-corrected chi connectivity index (χ2v) is 7.19. The highest BCUT2D eigenvalue weighted by Crippen LogP contribution is 2.20. The molecule has 2 N–H and O–H groups in total. The molecule has 0 radical (unpaired) electrons. The van der Waals surface area contributed by atoms with E-state index in [9.17, 15) is 9.59 Å². The van der Waals surface area contributed by atoms with Crippen LogP contribution in [-0.4, -0.2) is 60.8 Å². The molecule has 0 spiro atoms. The van der Waals surface area contributed by atoms with Gasteiger partial charge in [-0.05, 0) is 17.5 Å². The van der Waals surface area contributed by atoms with E-state index >= 15 is 0 Å². The molecule has 3 rings (SSSR count). The molecule has 1 fully saturated rings. The number of amides is 2. The summed E-state index contributed by atoms with van der Waals surface area (Å²) in [5, 5.41) is 3.82. The molecule has 1 aliphatic rings. The lowest BCUT2D eigenvalue weighted by atomic mass is 10.0. The molecule has 1 aromatic carbocycles. The van der Waals surface area contributed by atoms with Crippen molar-refractivity contribution in [3.63, 3.8) is 0 Å². The third-order valence-electron chi connectivity index (χ3n) is 4.56. The van der Waals surface area contributed by atoms with E-state index in [0.717, 1.165) is 16.5 Å². The average Bonchev–Trinajstić information content (AvgIpc) is 3.09. The first-order chi connectivity index (χ1) is 13.0. The van der Waals surface area contributed by atoms with Gasteiger partial charge in [-0.2, -0.15) is 0 Å². The van der Waals surface area contributed by atoms with Crippen LogP contribution in [0.4, 0.5) is 4.79 Å². The van der Waals surface area contributed by atoms with E-state index in [1.807, 2.05) is 44.3 Å². The first-order valence-electron chi connectivity index (χ1n) is 9.39. The Hall–Kier alpha value is -2.54. The number of alkyl carbamates (subject to hydrolysis) is 1. The van der Waals surface area contributed by atoms with Crippen molar-refractivity contribution >= 4 is 22.9 Å². The van der Waals surface area contributed by atoms with Gasteiger partial charge in [0.25, 0.3) is 0 Å². The number of carbonyl (C=O) groups is 2. The third kappa shape index (κ3) is 5.01. The zero-order valence-corrected chi connectivity index (χ0v) is 15.9. The summed E-state index contributed by atoms with van der Waals surface area (Å²) in [6.45, 7) is 6.35. The fourth-order valence-electron chi connectivity index (χ4n) is 3.15. The lowest BCUT2D eigenvalue weighted by molar-refractivity contribution is -0.137. The fourth-order valence-corrected chi connectivity index (χ4v) is 3.15. The Morgan fingerprint density at radius 2 is 2.00 bits per heavy atom. The highest BCUT2D eigenvalue weighted by atomic mass is 16.5. The predicted octanol–water partition coefficient (Wildman–Crippen LogP) is 2.32. The summed E-state index contributed by atoms with van der Waals surface area (Å²) < 4.78 is 10.6. The summed E-state index contributed by atoms with van der Waals surface area (Å²) in [5.41, 5.74) is 1.99. The number of nitrogens with one attached hydrogen (secondary N) is 2. The molecule has 0 unspecified atom stereocenters. The van der Waals surface area contributed by atoms with Gasteiger partial charge in [0.15, 0.2) is 0 Å². The number of hydrogen-bond acceptors (Lipinski definition) is 4. The smallest absolute Gasteiger partial charge is 0.407 e. The quantitative estimate of drug-likeness (QED) is 0.814. The number of ether oxygens (including phenoxy) is 2. The molecule has 7 heteroatoms. The van der Waals surface area contributed by atoms with Crippen molar-refractivity contribution in [1.82, 2.24) is 15.2 Å². The number of aromatic nitrogens is 1. The van der Waals surface area contributed by atoms with Crippen molar-refractivity contribution < 1.29 is 19.1 Å². The molecule has 7 nitrogen and oxygen atoms in total. The van der Waals surface area contributed by atoms with Crippen LogP contribution in [0, 0.1) is 5.92 Å². The molecule has 0 saturated carbocycles. The van der Waals surface area contributed by atoms with E-state index in [0.29, 0.717) is 39.3 Å². The standard InChI is InChI=1S/C20H27N3O4/c1-14(2)13-27-20(25)22-18(19(24)23-7-9-26-10-8-23)11-15-12-21-17-6-4-3-5-16(15)17/h3-6,12,14,18,21H,7-11,13H2,1-2H3,(H,22,25)/t18-/m1/s1. The number of para-hydroxylation sites is 1. The van der Waals surface area contributed by atoms with E-state index in [2.05, 4.69) is 10.3 Å². The number of benzene rings is 1. The molecule has 1 atom stereocenters. The molecule has 146 valence electrons. The third-order valence-corrected chi connectivity index (χ3v) is 4.56. The highest BCUT2D eigenvalue weighted by molar-refractivity contribution is 5.88. The molecule has 27 heavy (non-hydrogen) atoms. The van der Waals surface area contributed by atoms with Crippen LogP contribution in [-0.2, 0) is 20.7 Å². The minimum atomic E-state index is -0.679. The Bertz CT molecular complexity index is 780. The normalized spacial score (nSPS) is 15.7. The second kappa shape index (κ2) is 8.90. The molecule has 2 amide bonds. The number of carbonyl (C=O) groups excluding carboxylic acids is 2. The molecular weight excluding hydrogens is 346 g/mol. The molecule has 2 aromatic rings. The van der Waals surface area contributed by atoms with Crippen LogP contribution < -0.4 is 5.32 Å². The fraction of sp³-hybridized carbons (Fsp3) is 0.500. The van der Waals surface area contributed by atoms with Crippen molar-refractivity contribution in [2.75, 3.05) is 32.9 Å². The van der Waals surface area contributed by atoms with E-state index in [4.69, 9.17) is 9.47 Å². The van der Waals surface area contributed by atoms with Gasteiger partial charge in [0, 0.05) is 36.6 Å². The zero-order valence-electron chi connectivity index (χ0n) is 15.9. The monoisotopic (exact) mass is 373 g/mol. The number of fused-ring (bicyclic) bond motifs is 1. The Morgan fingerprint density at radius 3 is 2.74 bits per heavy atom. The first kappa shape index (κ1) is 19.2. The van der Waals surface area contributed by atoms with Crippen LogP contribution in [0.2, 0.25) is 0 Å². The van der Waals surface area contributed by atoms with Gasteiger partial charge in [-0.25, -0.2) is 4.79 Å². The van der Waals surface area contributed by atoms with Gasteiger partial charge in [0.1, 0.15) is 6.04 Å². The van der Waals surface area contributed by atoms with Crippen molar-refractivity contribution in [3.05, 3.63) is 36.0 Å². The van der Waals surface area contributed by atoms with Crippen LogP contribution in [0.15, 0.2) is 30.5 Å². The van der Waals surface area contributed by atoms with Crippen LogP contribution >= 0.6 is 0 Å². The van der Waals surface area contributed by atoms with Gasteiger partial charge >= 0.3 is 6.09 Å². The largest absolute Gasteiger partial charge is 0.449 e. The maximum atomic E-state index is 13.0. The average molecular weight is 373 g/mol. The first-order valence-corrected chi connectivity index (χ1v) is 9.39. The van der Waals surface area contributed by atoms with Crippen molar-refractivity contribution in [2.24, 2.45) is 5.92 Å². The van der Waals surface area contributed by atoms with Gasteiger partial charge in [-0.15, -0.1) is 0 Å². The highest BCUT2D eigenvalue weighted by Gasteiger charge is 2.28. The molecule has 1 aliphatic heterocycles. The van der Waals surface area contributed by atoms with Gasteiger partial charge in [0.05, 0.1) is 19.8 Å². The van der Waals surface area contributed by atoms with Crippen LogP contribution in [0.5, 0.6) is 0 Å². The number of rotatable bonds is 6. The van der Waals surface area contributed by atoms with Gasteiger partial charge in [0.2, 0.25) is 5.91 Å². The molecule has 0 bridgehead atoms. The van der Waals surface area contributed by atoms with Crippen molar-refractivity contribution in [3.8, 4) is 0 Å². The lowest BCUT2D eigenvalue weighted by Crippen LogP contribution is -2.52. The van der Waals surface area contributed by atoms with Gasteiger partial charge < -0.3 is 24.7 Å². The molecule has 0 aliphatic carbocycles. The summed E-state index contributed by atoms with van der Waals surface area (Å²) >= 11 is 0. The summed E-state index contributed by atoms with van der Waals surface area (Å²) in [4.78, 5) is 30.2. The van der Waals surface area contributed by atoms with Crippen molar-refractivity contribution in [1.29, 1.82) is 0 Å². The van der Waals surface area contributed by atoms with E-state index in [1.165, 1.54) is 0 Å². The minimum Gasteiger partial charge on any atom is -0.449 e. The predicted molar refractivity (Wildman–Crippen MR) is 103 cm³/mol. The topological polar surface area (TPSA) is 83.7 Å². The minimum absolute atomic E-state index is 0.106. The van der Waals surface area contributed by atoms with E-state index in [-0.39, 0.29) is 11.8 Å². The molecule has 2 heterocycles. The number of hydrogen-bond donors (Lipinski definition) is 2. The summed E-state index contributed by atoms with van der Waals surface area (Å²) in [5.74, 6) is 0.128. The maximum Gasteiger partial charge on any atom is 0.407 e. The molecule has 1 saturated heterocycles.